The summed E-state index contributed by atoms with van der Waals surface area (Å²) >= 11 is 0. The number of hydrogen-bond acceptors (Lipinski definition) is 2. The fourth-order valence-electron chi connectivity index (χ4n) is 3.58. The summed E-state index contributed by atoms with van der Waals surface area (Å²) in [7, 11) is 0. The van der Waals surface area contributed by atoms with Crippen LogP contribution >= 0.6 is 0 Å². The van der Waals surface area contributed by atoms with Crippen molar-refractivity contribution in [1.29, 1.82) is 0 Å². The lowest BCUT2D eigenvalue weighted by atomic mass is 9.81. The first-order valence-electron chi connectivity index (χ1n) is 8.90. The molecule has 1 aromatic carbocycles. The highest BCUT2D eigenvalue weighted by atomic mass is 19.4. The molecule has 2 nitrogen and oxygen atoms in total. The van der Waals surface area contributed by atoms with E-state index >= 15 is 0 Å². The van der Waals surface area contributed by atoms with Crippen LogP contribution in [0.3, 0.4) is 0 Å². The zero-order chi connectivity index (χ0) is 19.4. The third-order valence-corrected chi connectivity index (χ3v) is 4.89. The van der Waals surface area contributed by atoms with E-state index in [2.05, 4.69) is 11.9 Å². The van der Waals surface area contributed by atoms with Crippen molar-refractivity contribution >= 4 is 0 Å². The van der Waals surface area contributed by atoms with Crippen LogP contribution in [-0.2, 0) is 4.74 Å². The molecule has 1 aliphatic heterocycles. The maximum Gasteiger partial charge on any atom is 0.441 e. The Morgan fingerprint density at radius 1 is 1.19 bits per heavy atom. The van der Waals surface area contributed by atoms with Gasteiger partial charge in [-0.1, -0.05) is 18.7 Å². The van der Waals surface area contributed by atoms with Crippen LogP contribution in [0, 0.1) is 18.2 Å². The highest BCUT2D eigenvalue weighted by molar-refractivity contribution is 5.49. The van der Waals surface area contributed by atoms with Gasteiger partial charge in [-0.3, -0.25) is 0 Å². The molecule has 1 unspecified atom stereocenters. The Hall–Kier alpha value is -2.05. The molecule has 2 aliphatic rings. The lowest BCUT2D eigenvalue weighted by molar-refractivity contribution is -0.0897. The second-order valence-corrected chi connectivity index (χ2v) is 6.96. The lowest BCUT2D eigenvalue weighted by Gasteiger charge is -2.32. The molecule has 1 aliphatic carbocycles. The molecule has 1 heterocycles. The standard InChI is InChI=1S/C21H22F4NO/c1-14-8-15(10-18(9-14)21(23,24)25)12-27-13-17-11-26-7-6-20(17)16-2-4-19(22)5-3-16/h2-5,8-10,17,20,26H,1,6-7,11-13H2/q+1/t17?,20-/m0/s1. The van der Waals surface area contributed by atoms with Crippen LogP contribution in [0.15, 0.2) is 59.7 Å². The minimum absolute atomic E-state index is 0.0963. The number of ether oxygens (including phenoxy) is 1. The summed E-state index contributed by atoms with van der Waals surface area (Å²) in [5.74, 6) is 0.139. The summed E-state index contributed by atoms with van der Waals surface area (Å²) in [6, 6.07) is 6.49. The van der Waals surface area contributed by atoms with Crippen molar-refractivity contribution in [3.05, 3.63) is 77.5 Å². The van der Waals surface area contributed by atoms with Gasteiger partial charge < -0.3 is 10.1 Å². The average molecular weight is 380 g/mol. The third-order valence-electron chi connectivity index (χ3n) is 4.89. The van der Waals surface area contributed by atoms with Crippen molar-refractivity contribution in [1.82, 2.24) is 5.32 Å². The molecule has 1 aromatic rings. The first-order chi connectivity index (χ1) is 12.8. The second-order valence-electron chi connectivity index (χ2n) is 6.96. The van der Waals surface area contributed by atoms with Crippen molar-refractivity contribution in [3.63, 3.8) is 0 Å². The van der Waals surface area contributed by atoms with Crippen LogP contribution in [-0.4, -0.2) is 32.5 Å². The van der Waals surface area contributed by atoms with E-state index in [-0.39, 0.29) is 24.3 Å². The van der Waals surface area contributed by atoms with Gasteiger partial charge in [0.25, 0.3) is 0 Å². The van der Waals surface area contributed by atoms with E-state index in [1.54, 1.807) is 18.2 Å². The minimum Gasteiger partial charge on any atom is -0.374 e. The average Bonchev–Trinajstić information content (AvgIpc) is 2.62. The number of piperidine rings is 1. The van der Waals surface area contributed by atoms with Crippen molar-refractivity contribution in [2.45, 2.75) is 18.5 Å². The van der Waals surface area contributed by atoms with Crippen molar-refractivity contribution < 1.29 is 22.3 Å². The highest BCUT2D eigenvalue weighted by Crippen LogP contribution is 2.34. The summed E-state index contributed by atoms with van der Waals surface area (Å²) in [5, 5.41) is 3.32. The number of rotatable bonds is 5. The molecular formula is C21H22F4NO+. The number of alkyl halides is 3. The van der Waals surface area contributed by atoms with E-state index < -0.39 is 11.7 Å². The molecular weight excluding hydrogens is 358 g/mol. The van der Waals surface area contributed by atoms with E-state index in [4.69, 9.17) is 4.74 Å². The van der Waals surface area contributed by atoms with Crippen molar-refractivity contribution in [2.75, 3.05) is 26.3 Å². The first kappa shape index (κ1) is 19.7. The van der Waals surface area contributed by atoms with Gasteiger partial charge in [0.1, 0.15) is 5.82 Å². The van der Waals surface area contributed by atoms with E-state index in [1.807, 2.05) is 0 Å². The maximum atomic E-state index is 13.2. The quantitative estimate of drug-likeness (QED) is 0.589. The van der Waals surface area contributed by atoms with Crippen LogP contribution in [0.5, 0.6) is 0 Å². The van der Waals surface area contributed by atoms with E-state index in [0.29, 0.717) is 17.8 Å². The predicted molar refractivity (Wildman–Crippen MR) is 96.6 cm³/mol. The van der Waals surface area contributed by atoms with Gasteiger partial charge in [-0.15, -0.1) is 0 Å². The van der Waals surface area contributed by atoms with Gasteiger partial charge in [-0.25, -0.2) is 4.39 Å². The predicted octanol–water partition coefficient (Wildman–Crippen LogP) is 4.72. The number of nitrogens with one attached hydrogen (secondary N) is 1. The van der Waals surface area contributed by atoms with Gasteiger partial charge in [0.15, 0.2) is 5.57 Å². The summed E-state index contributed by atoms with van der Waals surface area (Å²) < 4.78 is 57.7. The largest absolute Gasteiger partial charge is 0.441 e. The summed E-state index contributed by atoms with van der Waals surface area (Å²) in [6.07, 6.45) is 0.242. The molecule has 2 atom stereocenters. The van der Waals surface area contributed by atoms with E-state index in [1.165, 1.54) is 12.1 Å². The zero-order valence-electron chi connectivity index (χ0n) is 14.9. The Morgan fingerprint density at radius 3 is 2.63 bits per heavy atom. The van der Waals surface area contributed by atoms with Crippen molar-refractivity contribution in [3.8, 4) is 0 Å². The number of benzene rings is 1. The normalized spacial score (nSPS) is 23.5. The smallest absolute Gasteiger partial charge is 0.374 e. The highest BCUT2D eigenvalue weighted by Gasteiger charge is 2.40. The van der Waals surface area contributed by atoms with E-state index in [9.17, 15) is 17.6 Å². The Kier molecular flexibility index (Phi) is 6.07. The number of allylic oxidation sites excluding steroid dienone is 4. The summed E-state index contributed by atoms with van der Waals surface area (Å²) in [5.41, 5.74) is 1.12. The SMILES string of the molecule is C=C1C=C(COCC2CNCC[C@H]2c2ccc(F)cc2)[CH+]C(C(F)(F)F)=C1. The molecule has 1 saturated heterocycles. The monoisotopic (exact) mass is 380 g/mol. The molecule has 0 saturated carbocycles. The van der Waals surface area contributed by atoms with Crippen LogP contribution in [0.1, 0.15) is 17.9 Å². The molecule has 0 spiro atoms. The van der Waals surface area contributed by atoms with Gasteiger partial charge in [0.05, 0.1) is 42.9 Å². The Balaban J connectivity index is 1.57. The third kappa shape index (κ3) is 5.23. The molecule has 3 rings (SSSR count). The molecule has 1 fully saturated rings. The number of halogens is 4. The molecule has 0 aromatic heterocycles. The Bertz CT molecular complexity index is 734. The second kappa shape index (κ2) is 8.31. The summed E-state index contributed by atoms with van der Waals surface area (Å²) in [4.78, 5) is 0. The minimum atomic E-state index is -4.40. The zero-order valence-corrected chi connectivity index (χ0v) is 14.9. The van der Waals surface area contributed by atoms with Gasteiger partial charge >= 0.3 is 6.18 Å². The Labute approximate surface area is 156 Å². The molecule has 6 heteroatoms. The van der Waals surface area contributed by atoms with Gasteiger partial charge in [0.2, 0.25) is 0 Å². The fraction of sp³-hybridized carbons (Fsp3) is 0.381. The molecule has 0 amide bonds. The van der Waals surface area contributed by atoms with Crippen LogP contribution in [0.2, 0.25) is 0 Å². The molecule has 1 N–H and O–H groups in total. The molecule has 0 bridgehead atoms. The molecule has 0 radical (unpaired) electrons. The first-order valence-corrected chi connectivity index (χ1v) is 8.90. The van der Waals surface area contributed by atoms with Gasteiger partial charge in [0, 0.05) is 12.5 Å². The molecule has 144 valence electrons. The maximum absolute atomic E-state index is 13.2. The number of hydrogen-bond donors (Lipinski definition) is 1. The lowest BCUT2D eigenvalue weighted by Crippen LogP contribution is -2.38. The summed E-state index contributed by atoms with van der Waals surface area (Å²) in [6.45, 7) is 5.75. The van der Waals surface area contributed by atoms with E-state index in [0.717, 1.165) is 37.6 Å². The van der Waals surface area contributed by atoms with Gasteiger partial charge in [-0.2, -0.15) is 13.2 Å². The topological polar surface area (TPSA) is 21.3 Å². The van der Waals surface area contributed by atoms with Crippen LogP contribution in [0.4, 0.5) is 17.6 Å². The van der Waals surface area contributed by atoms with Crippen molar-refractivity contribution in [2.24, 2.45) is 5.92 Å². The Morgan fingerprint density at radius 2 is 1.93 bits per heavy atom. The molecule has 27 heavy (non-hydrogen) atoms. The fourth-order valence-corrected chi connectivity index (χ4v) is 3.58. The van der Waals surface area contributed by atoms with Crippen LogP contribution in [0.25, 0.3) is 0 Å². The van der Waals surface area contributed by atoms with Gasteiger partial charge in [-0.05, 0) is 36.6 Å². The van der Waals surface area contributed by atoms with Crippen LogP contribution < -0.4 is 5.32 Å².